The molecule has 0 heterocycles. The molecule has 0 amide bonds. The Balaban J connectivity index is 1.23. The molecule has 0 aromatic heterocycles. The van der Waals surface area contributed by atoms with Crippen LogP contribution < -0.4 is 18.9 Å². The van der Waals surface area contributed by atoms with Gasteiger partial charge in [-0.3, -0.25) is 0 Å². The molecule has 4 aromatic carbocycles. The molecular formula is C37H44O6. The molecule has 0 aliphatic rings. The van der Waals surface area contributed by atoms with Gasteiger partial charge in [-0.1, -0.05) is 50.2 Å². The van der Waals surface area contributed by atoms with E-state index in [1.54, 1.807) is 0 Å². The van der Waals surface area contributed by atoms with E-state index in [-0.39, 0.29) is 31.8 Å². The lowest BCUT2D eigenvalue weighted by atomic mass is 9.78. The maximum atomic E-state index is 10.3. The van der Waals surface area contributed by atoms with E-state index in [4.69, 9.17) is 18.9 Å². The summed E-state index contributed by atoms with van der Waals surface area (Å²) in [5.74, 6) is 2.88. The molecule has 0 spiro atoms. The molecule has 0 saturated carbocycles. The number of rotatable bonds is 14. The number of ether oxygens (including phenoxy) is 4. The van der Waals surface area contributed by atoms with Crippen LogP contribution in [0.25, 0.3) is 0 Å². The first-order valence-corrected chi connectivity index (χ1v) is 14.7. The van der Waals surface area contributed by atoms with E-state index in [0.717, 1.165) is 44.9 Å². The van der Waals surface area contributed by atoms with Crippen molar-refractivity contribution >= 4 is 0 Å². The van der Waals surface area contributed by atoms with Crippen LogP contribution in [0.15, 0.2) is 84.9 Å². The highest BCUT2D eigenvalue weighted by molar-refractivity contribution is 5.42. The van der Waals surface area contributed by atoms with Crippen molar-refractivity contribution in [2.45, 2.75) is 59.2 Å². The summed E-state index contributed by atoms with van der Waals surface area (Å²) in [7, 11) is 0. The Hall–Kier alpha value is -4.00. The summed E-state index contributed by atoms with van der Waals surface area (Å²) < 4.78 is 23.1. The molecule has 4 rings (SSSR count). The van der Waals surface area contributed by atoms with Crippen molar-refractivity contribution in [2.75, 3.05) is 26.4 Å². The minimum atomic E-state index is -0.747. The molecule has 228 valence electrons. The maximum Gasteiger partial charge on any atom is 0.122 e. The van der Waals surface area contributed by atoms with Crippen LogP contribution >= 0.6 is 0 Å². The van der Waals surface area contributed by atoms with Crippen molar-refractivity contribution in [1.29, 1.82) is 0 Å². The summed E-state index contributed by atoms with van der Waals surface area (Å²) in [5, 5.41) is 20.7. The first-order valence-electron chi connectivity index (χ1n) is 14.7. The number of aliphatic hydroxyl groups excluding tert-OH is 2. The lowest BCUT2D eigenvalue weighted by Gasteiger charge is -2.26. The summed E-state index contributed by atoms with van der Waals surface area (Å²) >= 11 is 0. The van der Waals surface area contributed by atoms with Gasteiger partial charge in [0.05, 0.1) is 0 Å². The molecule has 0 aliphatic carbocycles. The van der Waals surface area contributed by atoms with Gasteiger partial charge in [-0.05, 0) is 110 Å². The van der Waals surface area contributed by atoms with Gasteiger partial charge in [0.2, 0.25) is 0 Å². The van der Waals surface area contributed by atoms with Gasteiger partial charge in [-0.15, -0.1) is 0 Å². The molecular weight excluding hydrogens is 540 g/mol. The summed E-state index contributed by atoms with van der Waals surface area (Å²) in [6.07, 6.45) is -1.49. The van der Waals surface area contributed by atoms with E-state index in [1.165, 1.54) is 0 Å². The first-order chi connectivity index (χ1) is 20.5. The lowest BCUT2D eigenvalue weighted by molar-refractivity contribution is 0.0626. The van der Waals surface area contributed by atoms with Crippen LogP contribution in [0, 0.1) is 27.7 Å². The molecule has 43 heavy (non-hydrogen) atoms. The van der Waals surface area contributed by atoms with E-state index in [9.17, 15) is 10.2 Å². The molecule has 4 aromatic rings. The summed E-state index contributed by atoms with van der Waals surface area (Å²) in [6.45, 7) is 13.0. The van der Waals surface area contributed by atoms with Crippen LogP contribution in [0.3, 0.4) is 0 Å². The fraction of sp³-hybridized carbons (Fsp3) is 0.351. The largest absolute Gasteiger partial charge is 0.491 e. The minimum Gasteiger partial charge on any atom is -0.491 e. The Morgan fingerprint density at radius 3 is 1.05 bits per heavy atom. The molecule has 0 fully saturated rings. The number of benzene rings is 4. The van der Waals surface area contributed by atoms with Gasteiger partial charge in [0.25, 0.3) is 0 Å². The molecule has 0 saturated heterocycles. The highest BCUT2D eigenvalue weighted by Crippen LogP contribution is 2.33. The molecule has 6 heteroatoms. The van der Waals surface area contributed by atoms with Gasteiger partial charge in [0, 0.05) is 5.41 Å². The normalized spacial score (nSPS) is 12.8. The SMILES string of the molecule is Cc1cc(C)cc(OCC(O)COc2ccc(C(C)(C)c3ccc(OCC(O)COc4cc(C)cc(C)c4)cc3)cc2)c1. The second-order valence-corrected chi connectivity index (χ2v) is 11.9. The van der Waals surface area contributed by atoms with Gasteiger partial charge in [0.15, 0.2) is 0 Å². The number of aliphatic hydroxyl groups is 2. The molecule has 2 atom stereocenters. The van der Waals surface area contributed by atoms with Crippen molar-refractivity contribution in [1.82, 2.24) is 0 Å². The second kappa shape index (κ2) is 14.5. The fourth-order valence-corrected chi connectivity index (χ4v) is 5.00. The smallest absolute Gasteiger partial charge is 0.122 e. The third-order valence-corrected chi connectivity index (χ3v) is 7.31. The maximum absolute atomic E-state index is 10.3. The van der Waals surface area contributed by atoms with E-state index < -0.39 is 12.2 Å². The standard InChI is InChI=1S/C37H44O6/c1-25-15-26(2)18-35(17-25)42-23-31(38)21-40-33-11-7-29(8-12-33)37(5,6)30-9-13-34(14-10-30)41-22-32(39)24-43-36-19-27(3)16-28(4)20-36/h7-20,31-32,38-39H,21-24H2,1-6H3. The van der Waals surface area contributed by atoms with Crippen molar-refractivity contribution in [3.05, 3.63) is 118 Å². The number of aryl methyl sites for hydroxylation is 4. The molecule has 2 N–H and O–H groups in total. The van der Waals surface area contributed by atoms with Crippen LogP contribution in [0.4, 0.5) is 0 Å². The average molecular weight is 585 g/mol. The first kappa shape index (κ1) is 31.9. The zero-order valence-corrected chi connectivity index (χ0v) is 26.1. The van der Waals surface area contributed by atoms with Crippen molar-refractivity contribution < 1.29 is 29.2 Å². The van der Waals surface area contributed by atoms with E-state index in [2.05, 4.69) is 26.0 Å². The Labute approximate surface area is 255 Å². The van der Waals surface area contributed by atoms with Crippen molar-refractivity contribution in [3.8, 4) is 23.0 Å². The van der Waals surface area contributed by atoms with Crippen LogP contribution in [-0.2, 0) is 5.41 Å². The third-order valence-electron chi connectivity index (χ3n) is 7.31. The molecule has 0 radical (unpaired) electrons. The van der Waals surface area contributed by atoms with Crippen molar-refractivity contribution in [3.63, 3.8) is 0 Å². The summed E-state index contributed by atoms with van der Waals surface area (Å²) in [5.41, 5.74) is 6.50. The molecule has 0 bridgehead atoms. The lowest BCUT2D eigenvalue weighted by Crippen LogP contribution is -2.25. The Morgan fingerprint density at radius 1 is 0.465 bits per heavy atom. The van der Waals surface area contributed by atoms with Crippen LogP contribution in [-0.4, -0.2) is 48.8 Å². The third kappa shape index (κ3) is 9.50. The van der Waals surface area contributed by atoms with Crippen LogP contribution in [0.1, 0.15) is 47.2 Å². The molecule has 2 unspecified atom stereocenters. The zero-order valence-electron chi connectivity index (χ0n) is 26.1. The van der Waals surface area contributed by atoms with Gasteiger partial charge in [0.1, 0.15) is 61.6 Å². The van der Waals surface area contributed by atoms with E-state index >= 15 is 0 Å². The Bertz CT molecular complexity index is 1310. The number of hydrogen-bond donors (Lipinski definition) is 2. The topological polar surface area (TPSA) is 77.4 Å². The molecule has 6 nitrogen and oxygen atoms in total. The predicted octanol–water partition coefficient (Wildman–Crippen LogP) is 6.88. The Kier molecular flexibility index (Phi) is 10.7. The van der Waals surface area contributed by atoms with Gasteiger partial charge in [-0.2, -0.15) is 0 Å². The minimum absolute atomic E-state index is 0.140. The second-order valence-electron chi connectivity index (χ2n) is 11.9. The molecule has 0 aliphatic heterocycles. The summed E-state index contributed by atoms with van der Waals surface area (Å²) in [4.78, 5) is 0. The Morgan fingerprint density at radius 2 is 0.744 bits per heavy atom. The highest BCUT2D eigenvalue weighted by Gasteiger charge is 2.23. The number of hydrogen-bond acceptors (Lipinski definition) is 6. The quantitative estimate of drug-likeness (QED) is 0.168. The van der Waals surface area contributed by atoms with Gasteiger partial charge >= 0.3 is 0 Å². The van der Waals surface area contributed by atoms with Gasteiger partial charge < -0.3 is 29.2 Å². The van der Waals surface area contributed by atoms with Crippen LogP contribution in [0.2, 0.25) is 0 Å². The monoisotopic (exact) mass is 584 g/mol. The predicted molar refractivity (Wildman–Crippen MR) is 171 cm³/mol. The van der Waals surface area contributed by atoms with Crippen molar-refractivity contribution in [2.24, 2.45) is 0 Å². The van der Waals surface area contributed by atoms with Gasteiger partial charge in [-0.25, -0.2) is 0 Å². The summed E-state index contributed by atoms with van der Waals surface area (Å²) in [6, 6.07) is 27.9. The van der Waals surface area contributed by atoms with Crippen LogP contribution in [0.5, 0.6) is 23.0 Å². The van der Waals surface area contributed by atoms with E-state index in [0.29, 0.717) is 11.5 Å². The van der Waals surface area contributed by atoms with E-state index in [1.807, 2.05) is 100 Å². The zero-order chi connectivity index (χ0) is 31.0. The fourth-order valence-electron chi connectivity index (χ4n) is 5.00. The highest BCUT2D eigenvalue weighted by atomic mass is 16.5. The average Bonchev–Trinajstić information content (AvgIpc) is 2.96.